The first-order chi connectivity index (χ1) is 13.5. The van der Waals surface area contributed by atoms with Crippen LogP contribution in [0.5, 0.6) is 0 Å². The summed E-state index contributed by atoms with van der Waals surface area (Å²) in [6.07, 6.45) is 0.775. The van der Waals surface area contributed by atoms with E-state index in [-0.39, 0.29) is 11.6 Å². The predicted molar refractivity (Wildman–Crippen MR) is 103 cm³/mol. The van der Waals surface area contributed by atoms with Gasteiger partial charge in [0.05, 0.1) is 11.2 Å². The Morgan fingerprint density at radius 1 is 1.07 bits per heavy atom. The zero-order valence-corrected chi connectivity index (χ0v) is 15.4. The second-order valence-electron chi connectivity index (χ2n) is 7.24. The van der Waals surface area contributed by atoms with Crippen molar-refractivity contribution in [2.75, 3.05) is 31.1 Å². The van der Waals surface area contributed by atoms with Crippen LogP contribution in [0.4, 0.5) is 14.9 Å². The first-order valence-electron chi connectivity index (χ1n) is 9.40. The summed E-state index contributed by atoms with van der Waals surface area (Å²) in [5.41, 5.74) is 0.293. The minimum Gasteiger partial charge on any atom is -0.385 e. The molecular formula is C21H22FN3O3. The minimum absolute atomic E-state index is 0.0534. The number of nitrogens with one attached hydrogen (secondary N) is 1. The van der Waals surface area contributed by atoms with Crippen LogP contribution in [0.25, 0.3) is 0 Å². The maximum Gasteiger partial charge on any atom is 0.321 e. The fourth-order valence-electron chi connectivity index (χ4n) is 3.85. The van der Waals surface area contributed by atoms with Crippen molar-refractivity contribution in [1.29, 1.82) is 0 Å². The van der Waals surface area contributed by atoms with E-state index in [0.29, 0.717) is 44.7 Å². The van der Waals surface area contributed by atoms with Crippen LogP contribution in [0.3, 0.4) is 0 Å². The molecule has 2 saturated heterocycles. The number of urea groups is 1. The van der Waals surface area contributed by atoms with Crippen LogP contribution < -0.4 is 10.2 Å². The van der Waals surface area contributed by atoms with Crippen LogP contribution in [0.1, 0.15) is 28.8 Å². The van der Waals surface area contributed by atoms with E-state index in [2.05, 4.69) is 5.32 Å². The summed E-state index contributed by atoms with van der Waals surface area (Å²) in [4.78, 5) is 27.8. The van der Waals surface area contributed by atoms with E-state index in [9.17, 15) is 19.1 Å². The Hall–Kier alpha value is -2.93. The summed E-state index contributed by atoms with van der Waals surface area (Å²) in [6.45, 7) is 1.66. The van der Waals surface area contributed by atoms with Gasteiger partial charge in [-0.15, -0.1) is 0 Å². The summed E-state index contributed by atoms with van der Waals surface area (Å²) in [5, 5.41) is 13.6. The number of hydrogen-bond acceptors (Lipinski definition) is 3. The van der Waals surface area contributed by atoms with Gasteiger partial charge in [-0.05, 0) is 36.6 Å². The number of likely N-dealkylation sites (tertiary alicyclic amines) is 1. The number of rotatable bonds is 3. The third-order valence-electron chi connectivity index (χ3n) is 5.54. The normalized spacial score (nSPS) is 18.9. The van der Waals surface area contributed by atoms with Crippen molar-refractivity contribution in [3.63, 3.8) is 0 Å². The number of carbonyl (C=O) groups excluding carboxylic acids is 2. The van der Waals surface area contributed by atoms with Gasteiger partial charge in [-0.25, -0.2) is 9.18 Å². The molecule has 28 heavy (non-hydrogen) atoms. The van der Waals surface area contributed by atoms with Gasteiger partial charge >= 0.3 is 6.03 Å². The molecule has 0 atom stereocenters. The number of carbonyl (C=O) groups is 2. The quantitative estimate of drug-likeness (QED) is 0.855. The standard InChI is InChI=1S/C21H22FN3O3/c22-18-7-6-16(25-13-10-23-20(25)27)14-17(18)19(26)24-11-8-21(28,9-12-24)15-4-2-1-3-5-15/h1-7,14,28H,8-13H2,(H,23,27). The second kappa shape index (κ2) is 7.24. The highest BCUT2D eigenvalue weighted by molar-refractivity contribution is 5.98. The maximum absolute atomic E-state index is 14.4. The fourth-order valence-corrected chi connectivity index (χ4v) is 3.85. The van der Waals surface area contributed by atoms with E-state index in [0.717, 1.165) is 5.56 Å². The van der Waals surface area contributed by atoms with Crippen molar-refractivity contribution < 1.29 is 19.1 Å². The third-order valence-corrected chi connectivity index (χ3v) is 5.54. The number of hydrogen-bond donors (Lipinski definition) is 2. The molecule has 2 aromatic rings. The number of anilines is 1. The highest BCUT2D eigenvalue weighted by Crippen LogP contribution is 2.33. The van der Waals surface area contributed by atoms with Crippen LogP contribution in [0.2, 0.25) is 0 Å². The molecule has 0 saturated carbocycles. The fraction of sp³-hybridized carbons (Fsp3) is 0.333. The summed E-state index contributed by atoms with van der Waals surface area (Å²) in [5.74, 6) is -1.04. The van der Waals surface area contributed by atoms with Crippen LogP contribution in [0.15, 0.2) is 48.5 Å². The van der Waals surface area contributed by atoms with Gasteiger partial charge in [0.1, 0.15) is 5.82 Å². The first kappa shape index (κ1) is 18.4. The average Bonchev–Trinajstić information content (AvgIpc) is 3.15. The molecule has 2 heterocycles. The molecule has 7 heteroatoms. The van der Waals surface area contributed by atoms with Gasteiger partial charge < -0.3 is 15.3 Å². The predicted octanol–water partition coefficient (Wildman–Crippen LogP) is 2.48. The Bertz CT molecular complexity index is 895. The summed E-state index contributed by atoms with van der Waals surface area (Å²) < 4.78 is 14.4. The third kappa shape index (κ3) is 3.33. The van der Waals surface area contributed by atoms with Crippen LogP contribution >= 0.6 is 0 Å². The molecule has 146 valence electrons. The molecule has 0 spiro atoms. The lowest BCUT2D eigenvalue weighted by molar-refractivity contribution is -0.0212. The monoisotopic (exact) mass is 383 g/mol. The van der Waals surface area contributed by atoms with Crippen molar-refractivity contribution in [3.05, 3.63) is 65.5 Å². The van der Waals surface area contributed by atoms with Gasteiger partial charge in [-0.1, -0.05) is 30.3 Å². The van der Waals surface area contributed by atoms with Gasteiger partial charge in [0.25, 0.3) is 5.91 Å². The molecule has 2 aromatic carbocycles. The smallest absolute Gasteiger partial charge is 0.321 e. The zero-order valence-electron chi connectivity index (χ0n) is 15.4. The van der Waals surface area contributed by atoms with Crippen LogP contribution in [0, 0.1) is 5.82 Å². The van der Waals surface area contributed by atoms with Gasteiger partial charge in [0, 0.05) is 31.9 Å². The lowest BCUT2D eigenvalue weighted by Crippen LogP contribution is -2.45. The highest BCUT2D eigenvalue weighted by Gasteiger charge is 2.36. The Balaban J connectivity index is 1.50. The second-order valence-corrected chi connectivity index (χ2v) is 7.24. The molecule has 2 aliphatic rings. The summed E-state index contributed by atoms with van der Waals surface area (Å²) in [7, 11) is 0. The Morgan fingerprint density at radius 3 is 2.43 bits per heavy atom. The van der Waals surface area contributed by atoms with Gasteiger partial charge in [-0.2, -0.15) is 0 Å². The van der Waals surface area contributed by atoms with Gasteiger partial charge in [-0.3, -0.25) is 9.69 Å². The molecule has 0 aliphatic carbocycles. The zero-order chi connectivity index (χ0) is 19.7. The number of benzene rings is 2. The topological polar surface area (TPSA) is 72.9 Å². The molecule has 2 fully saturated rings. The molecule has 0 unspecified atom stereocenters. The lowest BCUT2D eigenvalue weighted by Gasteiger charge is -2.38. The molecule has 2 aliphatic heterocycles. The molecule has 6 nitrogen and oxygen atoms in total. The maximum atomic E-state index is 14.4. The minimum atomic E-state index is -0.980. The lowest BCUT2D eigenvalue weighted by atomic mass is 9.84. The molecule has 0 radical (unpaired) electrons. The van der Waals surface area contributed by atoms with Crippen LogP contribution in [-0.4, -0.2) is 48.1 Å². The van der Waals surface area contributed by atoms with Crippen molar-refractivity contribution in [1.82, 2.24) is 10.2 Å². The Kier molecular flexibility index (Phi) is 4.77. The summed E-state index contributed by atoms with van der Waals surface area (Å²) >= 11 is 0. The molecule has 3 amide bonds. The van der Waals surface area contributed by atoms with Crippen molar-refractivity contribution >= 4 is 17.6 Å². The highest BCUT2D eigenvalue weighted by atomic mass is 19.1. The Labute approximate surface area is 162 Å². The molecule has 2 N–H and O–H groups in total. The molecule has 0 aromatic heterocycles. The number of piperidine rings is 1. The Morgan fingerprint density at radius 2 is 1.79 bits per heavy atom. The largest absolute Gasteiger partial charge is 0.385 e. The SMILES string of the molecule is O=C(c1cc(N2CCNC2=O)ccc1F)N1CCC(O)(c2ccccc2)CC1. The number of aliphatic hydroxyl groups is 1. The first-order valence-corrected chi connectivity index (χ1v) is 9.40. The van der Waals surface area contributed by atoms with Gasteiger partial charge in [0.15, 0.2) is 0 Å². The number of nitrogens with zero attached hydrogens (tertiary/aromatic N) is 2. The summed E-state index contributed by atoms with van der Waals surface area (Å²) in [6, 6.07) is 13.3. The van der Waals surface area contributed by atoms with Crippen molar-refractivity contribution in [2.45, 2.75) is 18.4 Å². The van der Waals surface area contributed by atoms with E-state index in [4.69, 9.17) is 0 Å². The van der Waals surface area contributed by atoms with Gasteiger partial charge in [0.2, 0.25) is 0 Å². The van der Waals surface area contributed by atoms with E-state index in [1.165, 1.54) is 23.1 Å². The van der Waals surface area contributed by atoms with E-state index in [1.54, 1.807) is 4.90 Å². The number of halogens is 1. The van der Waals surface area contributed by atoms with Crippen molar-refractivity contribution in [2.24, 2.45) is 0 Å². The van der Waals surface area contributed by atoms with E-state index >= 15 is 0 Å². The molecule has 0 bridgehead atoms. The van der Waals surface area contributed by atoms with Crippen LogP contribution in [-0.2, 0) is 5.60 Å². The van der Waals surface area contributed by atoms with E-state index in [1.807, 2.05) is 30.3 Å². The molecule has 4 rings (SSSR count). The van der Waals surface area contributed by atoms with E-state index < -0.39 is 17.3 Å². The molecular weight excluding hydrogens is 361 g/mol. The number of amides is 3. The average molecular weight is 383 g/mol. The van der Waals surface area contributed by atoms with Crippen molar-refractivity contribution in [3.8, 4) is 0 Å².